The Bertz CT molecular complexity index is 534. The van der Waals surface area contributed by atoms with Gasteiger partial charge in [-0.05, 0) is 69.5 Å². The molecule has 1 rings (SSSR count). The van der Waals surface area contributed by atoms with E-state index in [0.717, 1.165) is 5.56 Å². The lowest BCUT2D eigenvalue weighted by Crippen LogP contribution is -2.25. The first-order valence-electron chi connectivity index (χ1n) is 7.24. The van der Waals surface area contributed by atoms with Crippen LogP contribution in [0.25, 0.3) is 0 Å². The third-order valence-corrected chi connectivity index (χ3v) is 3.46. The van der Waals surface area contributed by atoms with Crippen LogP contribution in [0.1, 0.15) is 52.7 Å². The lowest BCUT2D eigenvalue weighted by Gasteiger charge is -2.16. The predicted molar refractivity (Wildman–Crippen MR) is 91.3 cm³/mol. The van der Waals surface area contributed by atoms with E-state index in [4.69, 9.17) is 16.3 Å². The number of benzene rings is 1. The molecule has 124 valence electrons. The zero-order chi connectivity index (χ0) is 17.7. The number of hydrogen-bond donors (Lipinski definition) is 0. The molecule has 0 spiro atoms. The molecule has 22 heavy (non-hydrogen) atoms. The van der Waals surface area contributed by atoms with Crippen molar-refractivity contribution < 1.29 is 14.3 Å². The van der Waals surface area contributed by atoms with Crippen molar-refractivity contribution in [3.05, 3.63) is 29.3 Å². The first kappa shape index (κ1) is 20.6. The standard InChI is InChI=1S/C13H18O2.C5H9ClO/c1-9-6-7-11(8-10(9)2)15-12(14)13(3,4)5;1-5(2,3)4(6)7/h6-8H,1-5H3;1-3H3. The van der Waals surface area contributed by atoms with E-state index in [2.05, 4.69) is 0 Å². The summed E-state index contributed by atoms with van der Waals surface area (Å²) in [7, 11) is 0. The van der Waals surface area contributed by atoms with Crippen molar-refractivity contribution in [2.24, 2.45) is 10.8 Å². The maximum Gasteiger partial charge on any atom is 0.316 e. The van der Waals surface area contributed by atoms with Crippen LogP contribution < -0.4 is 4.74 Å². The third-order valence-electron chi connectivity index (χ3n) is 2.89. The van der Waals surface area contributed by atoms with E-state index in [0.29, 0.717) is 5.75 Å². The molecule has 0 bridgehead atoms. The van der Waals surface area contributed by atoms with Crippen molar-refractivity contribution in [2.45, 2.75) is 55.4 Å². The molecular formula is C18H27ClO3. The molecule has 0 amide bonds. The van der Waals surface area contributed by atoms with Crippen LogP contribution in [0.5, 0.6) is 5.75 Å². The molecule has 1 aromatic rings. The van der Waals surface area contributed by atoms with E-state index in [1.165, 1.54) is 5.56 Å². The highest BCUT2D eigenvalue weighted by molar-refractivity contribution is 6.64. The number of carbonyl (C=O) groups is 2. The summed E-state index contributed by atoms with van der Waals surface area (Å²) < 4.78 is 5.28. The molecule has 1 aromatic carbocycles. The first-order chi connectivity index (χ1) is 9.75. The van der Waals surface area contributed by atoms with Crippen molar-refractivity contribution in [2.75, 3.05) is 0 Å². The van der Waals surface area contributed by atoms with Gasteiger partial charge in [0.25, 0.3) is 0 Å². The van der Waals surface area contributed by atoms with Crippen molar-refractivity contribution in [1.29, 1.82) is 0 Å². The molecule has 0 radical (unpaired) electrons. The van der Waals surface area contributed by atoms with Gasteiger partial charge in [-0.1, -0.05) is 26.8 Å². The van der Waals surface area contributed by atoms with Crippen molar-refractivity contribution >= 4 is 22.8 Å². The maximum atomic E-state index is 11.6. The van der Waals surface area contributed by atoms with Crippen LogP contribution in [0.2, 0.25) is 0 Å². The zero-order valence-electron chi connectivity index (χ0n) is 14.8. The van der Waals surface area contributed by atoms with Gasteiger partial charge in [-0.15, -0.1) is 0 Å². The Kier molecular flexibility index (Phi) is 7.30. The van der Waals surface area contributed by atoms with Crippen LogP contribution in [0.3, 0.4) is 0 Å². The summed E-state index contributed by atoms with van der Waals surface area (Å²) in [6.07, 6.45) is 0. The molecule has 0 aliphatic carbocycles. The van der Waals surface area contributed by atoms with Crippen molar-refractivity contribution in [1.82, 2.24) is 0 Å². The molecule has 0 fully saturated rings. The normalized spacial score (nSPS) is 11.3. The molecule has 4 heteroatoms. The second kappa shape index (κ2) is 7.77. The van der Waals surface area contributed by atoms with Gasteiger partial charge in [-0.2, -0.15) is 0 Å². The minimum absolute atomic E-state index is 0.203. The molecule has 3 nitrogen and oxygen atoms in total. The quantitative estimate of drug-likeness (QED) is 0.412. The Labute approximate surface area is 139 Å². The summed E-state index contributed by atoms with van der Waals surface area (Å²) in [5.41, 5.74) is 1.50. The molecular weight excluding hydrogens is 300 g/mol. The van der Waals surface area contributed by atoms with Crippen LogP contribution >= 0.6 is 11.6 Å². The molecule has 0 atom stereocenters. The van der Waals surface area contributed by atoms with Gasteiger partial charge in [0, 0.05) is 5.41 Å². The minimum atomic E-state index is -0.460. The van der Waals surface area contributed by atoms with Crippen LogP contribution in [-0.4, -0.2) is 11.2 Å². The monoisotopic (exact) mass is 326 g/mol. The summed E-state index contributed by atoms with van der Waals surface area (Å²) in [4.78, 5) is 21.8. The Morgan fingerprint density at radius 3 is 1.68 bits per heavy atom. The second-order valence-corrected chi connectivity index (χ2v) is 7.75. The fourth-order valence-electron chi connectivity index (χ4n) is 1.04. The maximum absolute atomic E-state index is 11.6. The Hall–Kier alpha value is -1.35. The second-order valence-electron chi connectivity index (χ2n) is 7.41. The van der Waals surface area contributed by atoms with Crippen molar-refractivity contribution in [3.8, 4) is 5.75 Å². The summed E-state index contributed by atoms with van der Waals surface area (Å²) in [5.74, 6) is 0.420. The number of carbonyl (C=O) groups excluding carboxylic acids is 2. The Balaban J connectivity index is 0.000000534. The number of ether oxygens (including phenoxy) is 1. The molecule has 0 heterocycles. The summed E-state index contributed by atoms with van der Waals surface area (Å²) in [6.45, 7) is 14.9. The van der Waals surface area contributed by atoms with Gasteiger partial charge in [0.05, 0.1) is 5.41 Å². The van der Waals surface area contributed by atoms with Gasteiger partial charge in [-0.3, -0.25) is 9.59 Å². The van der Waals surface area contributed by atoms with E-state index in [1.54, 1.807) is 20.8 Å². The molecule has 0 aliphatic rings. The van der Waals surface area contributed by atoms with Crippen molar-refractivity contribution in [3.63, 3.8) is 0 Å². The van der Waals surface area contributed by atoms with Gasteiger partial charge in [0.1, 0.15) is 5.75 Å². The predicted octanol–water partition coefficient (Wildman–Crippen LogP) is 5.05. The van der Waals surface area contributed by atoms with E-state index >= 15 is 0 Å². The van der Waals surface area contributed by atoms with Crippen LogP contribution in [0, 0.1) is 24.7 Å². The number of esters is 1. The largest absolute Gasteiger partial charge is 0.426 e. The molecule has 0 unspecified atom stereocenters. The fourth-order valence-corrected chi connectivity index (χ4v) is 1.04. The van der Waals surface area contributed by atoms with Gasteiger partial charge < -0.3 is 4.74 Å². The Morgan fingerprint density at radius 2 is 1.36 bits per heavy atom. The average Bonchev–Trinajstić information content (AvgIpc) is 2.32. The highest BCUT2D eigenvalue weighted by atomic mass is 35.5. The smallest absolute Gasteiger partial charge is 0.316 e. The van der Waals surface area contributed by atoms with Gasteiger partial charge >= 0.3 is 5.97 Å². The van der Waals surface area contributed by atoms with E-state index in [1.807, 2.05) is 52.8 Å². The van der Waals surface area contributed by atoms with Gasteiger partial charge in [0.15, 0.2) is 0 Å². The van der Waals surface area contributed by atoms with Crippen LogP contribution in [-0.2, 0) is 9.59 Å². The molecule has 0 N–H and O–H groups in total. The molecule has 0 aromatic heterocycles. The number of halogens is 1. The number of hydrogen-bond acceptors (Lipinski definition) is 3. The lowest BCUT2D eigenvalue weighted by molar-refractivity contribution is -0.143. The van der Waals surface area contributed by atoms with E-state index in [9.17, 15) is 9.59 Å². The SMILES string of the molecule is CC(C)(C)C(=O)Cl.Cc1ccc(OC(=O)C(C)(C)C)cc1C. The highest BCUT2D eigenvalue weighted by Crippen LogP contribution is 2.21. The molecule has 0 saturated heterocycles. The lowest BCUT2D eigenvalue weighted by atomic mass is 9.97. The minimum Gasteiger partial charge on any atom is -0.426 e. The Morgan fingerprint density at radius 1 is 0.909 bits per heavy atom. The number of rotatable bonds is 1. The summed E-state index contributed by atoms with van der Waals surface area (Å²) in [5, 5.41) is -0.285. The topological polar surface area (TPSA) is 43.4 Å². The van der Waals surface area contributed by atoms with Gasteiger partial charge in [-0.25, -0.2) is 0 Å². The van der Waals surface area contributed by atoms with Crippen LogP contribution in [0.4, 0.5) is 0 Å². The van der Waals surface area contributed by atoms with E-state index < -0.39 is 5.41 Å². The number of aryl methyl sites for hydroxylation is 2. The molecule has 0 saturated carbocycles. The third kappa shape index (κ3) is 7.60. The van der Waals surface area contributed by atoms with Crippen LogP contribution in [0.15, 0.2) is 18.2 Å². The summed E-state index contributed by atoms with van der Waals surface area (Å²) in [6, 6.07) is 5.67. The van der Waals surface area contributed by atoms with E-state index in [-0.39, 0.29) is 16.6 Å². The van der Waals surface area contributed by atoms with Gasteiger partial charge in [0.2, 0.25) is 5.24 Å². The zero-order valence-corrected chi connectivity index (χ0v) is 15.6. The highest BCUT2D eigenvalue weighted by Gasteiger charge is 2.23. The fraction of sp³-hybridized carbons (Fsp3) is 0.556. The average molecular weight is 327 g/mol. The molecule has 0 aliphatic heterocycles. The summed E-state index contributed by atoms with van der Waals surface area (Å²) >= 11 is 5.11. The first-order valence-corrected chi connectivity index (χ1v) is 7.62.